The van der Waals surface area contributed by atoms with Crippen LogP contribution in [-0.4, -0.2) is 47.3 Å². The summed E-state index contributed by atoms with van der Waals surface area (Å²) in [4.78, 5) is 18.9. The molecular formula is C24H28ClN3O2S. The lowest BCUT2D eigenvalue weighted by Crippen LogP contribution is -2.50. The van der Waals surface area contributed by atoms with Crippen molar-refractivity contribution in [3.63, 3.8) is 0 Å². The van der Waals surface area contributed by atoms with E-state index in [0.717, 1.165) is 23.0 Å². The Kier molecular flexibility index (Phi) is 6.13. The van der Waals surface area contributed by atoms with Crippen molar-refractivity contribution >= 4 is 46.0 Å². The molecule has 0 unspecified atom stereocenters. The summed E-state index contributed by atoms with van der Waals surface area (Å²) in [5.41, 5.74) is 1.93. The minimum Gasteiger partial charge on any atom is -0.444 e. The minimum absolute atomic E-state index is 0.232. The van der Waals surface area contributed by atoms with E-state index in [2.05, 4.69) is 47.0 Å². The molecule has 1 amide bonds. The van der Waals surface area contributed by atoms with Crippen LogP contribution in [0, 0.1) is 0 Å². The van der Waals surface area contributed by atoms with E-state index in [1.54, 1.807) is 16.7 Å². The molecule has 31 heavy (non-hydrogen) atoms. The third kappa shape index (κ3) is 4.96. The van der Waals surface area contributed by atoms with Crippen LogP contribution in [-0.2, 0) is 11.8 Å². The van der Waals surface area contributed by atoms with E-state index in [0.29, 0.717) is 13.1 Å². The van der Waals surface area contributed by atoms with Crippen molar-refractivity contribution in [1.82, 2.24) is 9.47 Å². The van der Waals surface area contributed by atoms with Crippen LogP contribution in [0.1, 0.15) is 20.8 Å². The molecule has 0 N–H and O–H groups in total. The summed E-state index contributed by atoms with van der Waals surface area (Å²) in [5, 5.41) is 1.97. The fraction of sp³-hybridized carbons (Fsp3) is 0.375. The van der Waals surface area contributed by atoms with Gasteiger partial charge in [0.15, 0.2) is 0 Å². The zero-order valence-corrected chi connectivity index (χ0v) is 20.0. The Morgan fingerprint density at radius 2 is 1.77 bits per heavy atom. The molecule has 7 heteroatoms. The SMILES string of the molecule is Cn1cc(Sc2cccc(Cl)c2)c2cccc(N3CCN(C(=O)OC(C)(C)C)CC3)c21. The van der Waals surface area contributed by atoms with Crippen LogP contribution >= 0.6 is 23.4 Å². The number of amides is 1. The molecule has 1 aromatic heterocycles. The number of para-hydroxylation sites is 1. The highest BCUT2D eigenvalue weighted by molar-refractivity contribution is 7.99. The van der Waals surface area contributed by atoms with Crippen LogP contribution in [0.25, 0.3) is 10.9 Å². The van der Waals surface area contributed by atoms with Crippen LogP contribution in [0.5, 0.6) is 0 Å². The van der Waals surface area contributed by atoms with Gasteiger partial charge in [-0.15, -0.1) is 0 Å². The van der Waals surface area contributed by atoms with Crippen LogP contribution in [0.4, 0.5) is 10.5 Å². The molecular weight excluding hydrogens is 430 g/mol. The number of nitrogens with zero attached hydrogens (tertiary/aromatic N) is 3. The average molecular weight is 458 g/mol. The largest absolute Gasteiger partial charge is 0.444 e. The predicted octanol–water partition coefficient (Wildman–Crippen LogP) is 6.04. The van der Waals surface area contributed by atoms with Crippen LogP contribution < -0.4 is 4.90 Å². The number of hydrogen-bond donors (Lipinski definition) is 0. The van der Waals surface area contributed by atoms with Crippen molar-refractivity contribution in [3.05, 3.63) is 53.7 Å². The number of hydrogen-bond acceptors (Lipinski definition) is 4. The summed E-state index contributed by atoms with van der Waals surface area (Å²) in [6.07, 6.45) is 1.95. The number of carbonyl (C=O) groups is 1. The zero-order valence-electron chi connectivity index (χ0n) is 18.4. The number of carbonyl (C=O) groups excluding carboxylic acids is 1. The second kappa shape index (κ2) is 8.67. The van der Waals surface area contributed by atoms with Gasteiger partial charge in [0, 0.05) is 59.6 Å². The average Bonchev–Trinajstić information content (AvgIpc) is 3.02. The van der Waals surface area contributed by atoms with Gasteiger partial charge in [-0.25, -0.2) is 4.79 Å². The Bertz CT molecular complexity index is 1100. The van der Waals surface area contributed by atoms with Gasteiger partial charge in [-0.05, 0) is 45.0 Å². The van der Waals surface area contributed by atoms with Gasteiger partial charge < -0.3 is 19.1 Å². The van der Waals surface area contributed by atoms with Crippen molar-refractivity contribution < 1.29 is 9.53 Å². The van der Waals surface area contributed by atoms with Crippen molar-refractivity contribution in [2.45, 2.75) is 36.2 Å². The molecule has 164 valence electrons. The molecule has 0 radical (unpaired) electrons. The van der Waals surface area contributed by atoms with Crippen molar-refractivity contribution in [2.24, 2.45) is 7.05 Å². The van der Waals surface area contributed by atoms with Gasteiger partial charge in [0.2, 0.25) is 0 Å². The molecule has 1 saturated heterocycles. The van der Waals surface area contributed by atoms with E-state index in [9.17, 15) is 4.79 Å². The van der Waals surface area contributed by atoms with Crippen LogP contribution in [0.15, 0.2) is 58.5 Å². The van der Waals surface area contributed by atoms with Crippen molar-refractivity contribution in [3.8, 4) is 0 Å². The summed E-state index contributed by atoms with van der Waals surface area (Å²) in [5.74, 6) is 0. The van der Waals surface area contributed by atoms with E-state index in [4.69, 9.17) is 16.3 Å². The standard InChI is InChI=1S/C24H28ClN3O2S/c1-24(2,3)30-23(29)28-13-11-27(12-14-28)20-10-6-9-19-21(16-26(4)22(19)20)31-18-8-5-7-17(25)15-18/h5-10,15-16H,11-14H2,1-4H3. The number of fused-ring (bicyclic) bond motifs is 1. The van der Waals surface area contributed by atoms with Crippen LogP contribution in [0.3, 0.4) is 0 Å². The Hall–Kier alpha value is -2.31. The van der Waals surface area contributed by atoms with Gasteiger partial charge in [-0.3, -0.25) is 0 Å². The minimum atomic E-state index is -0.472. The third-order valence-corrected chi connectivity index (χ3v) is 6.51. The maximum Gasteiger partial charge on any atom is 0.410 e. The van der Waals surface area contributed by atoms with Gasteiger partial charge in [0.25, 0.3) is 0 Å². The summed E-state index contributed by atoms with van der Waals surface area (Å²) >= 11 is 7.89. The molecule has 0 bridgehead atoms. The molecule has 0 atom stereocenters. The Balaban J connectivity index is 1.54. The number of piperazine rings is 1. The second-order valence-corrected chi connectivity index (χ2v) is 10.3. The van der Waals surface area contributed by atoms with E-state index >= 15 is 0 Å². The van der Waals surface area contributed by atoms with Gasteiger partial charge >= 0.3 is 6.09 Å². The fourth-order valence-electron chi connectivity index (χ4n) is 3.86. The number of halogens is 1. The molecule has 0 aliphatic carbocycles. The lowest BCUT2D eigenvalue weighted by atomic mass is 10.2. The Morgan fingerprint density at radius 3 is 2.45 bits per heavy atom. The van der Waals surface area contributed by atoms with Crippen molar-refractivity contribution in [2.75, 3.05) is 31.1 Å². The van der Waals surface area contributed by atoms with E-state index in [1.807, 2.05) is 39.0 Å². The number of aryl methyl sites for hydroxylation is 1. The zero-order chi connectivity index (χ0) is 22.2. The maximum absolute atomic E-state index is 12.4. The second-order valence-electron chi connectivity index (χ2n) is 8.79. The first-order valence-corrected chi connectivity index (χ1v) is 11.6. The van der Waals surface area contributed by atoms with E-state index in [-0.39, 0.29) is 6.09 Å². The normalized spacial score (nSPS) is 14.9. The first-order chi connectivity index (χ1) is 14.7. The summed E-state index contributed by atoms with van der Waals surface area (Å²) < 4.78 is 7.72. The predicted molar refractivity (Wildman–Crippen MR) is 129 cm³/mol. The number of ether oxygens (including phenoxy) is 1. The molecule has 5 nitrogen and oxygen atoms in total. The van der Waals surface area contributed by atoms with Gasteiger partial charge in [0.05, 0.1) is 11.2 Å². The molecule has 4 rings (SSSR count). The Morgan fingerprint density at radius 1 is 1.06 bits per heavy atom. The first kappa shape index (κ1) is 21.9. The van der Waals surface area contributed by atoms with Crippen LogP contribution in [0.2, 0.25) is 5.02 Å². The monoisotopic (exact) mass is 457 g/mol. The fourth-order valence-corrected chi connectivity index (χ4v) is 5.19. The molecule has 0 saturated carbocycles. The summed E-state index contributed by atoms with van der Waals surface area (Å²) in [6, 6.07) is 14.4. The quantitative estimate of drug-likeness (QED) is 0.480. The molecule has 2 heterocycles. The topological polar surface area (TPSA) is 37.7 Å². The third-order valence-electron chi connectivity index (χ3n) is 5.24. The van der Waals surface area contributed by atoms with Gasteiger partial charge in [-0.1, -0.05) is 41.6 Å². The molecule has 1 fully saturated rings. The van der Waals surface area contributed by atoms with E-state index in [1.165, 1.54) is 21.5 Å². The maximum atomic E-state index is 12.4. The highest BCUT2D eigenvalue weighted by Crippen LogP contribution is 2.39. The first-order valence-electron chi connectivity index (χ1n) is 10.5. The summed E-state index contributed by atoms with van der Waals surface area (Å²) in [6.45, 7) is 8.56. The molecule has 3 aromatic rings. The molecule has 1 aliphatic rings. The lowest BCUT2D eigenvalue weighted by molar-refractivity contribution is 0.0240. The smallest absolute Gasteiger partial charge is 0.410 e. The molecule has 2 aromatic carbocycles. The number of aromatic nitrogens is 1. The molecule has 0 spiro atoms. The lowest BCUT2D eigenvalue weighted by Gasteiger charge is -2.37. The van der Waals surface area contributed by atoms with Gasteiger partial charge in [0.1, 0.15) is 5.60 Å². The highest BCUT2D eigenvalue weighted by Gasteiger charge is 2.27. The van der Waals surface area contributed by atoms with Gasteiger partial charge in [-0.2, -0.15) is 0 Å². The summed E-state index contributed by atoms with van der Waals surface area (Å²) in [7, 11) is 2.09. The van der Waals surface area contributed by atoms with E-state index < -0.39 is 5.60 Å². The number of anilines is 1. The van der Waals surface area contributed by atoms with Crippen molar-refractivity contribution in [1.29, 1.82) is 0 Å². The molecule has 1 aliphatic heterocycles. The Labute approximate surface area is 192 Å². The number of rotatable bonds is 3. The highest BCUT2D eigenvalue weighted by atomic mass is 35.5. The number of benzene rings is 2.